The van der Waals surface area contributed by atoms with Crippen molar-refractivity contribution in [3.63, 3.8) is 0 Å². The SMILES string of the molecule is CNCc1cc(F)c(N2CCN(C3CC3)CC2)c(F)c1. The number of halogens is 2. The summed E-state index contributed by atoms with van der Waals surface area (Å²) in [6.07, 6.45) is 2.56. The van der Waals surface area contributed by atoms with Gasteiger partial charge < -0.3 is 10.2 Å². The Morgan fingerprint density at radius 3 is 2.20 bits per heavy atom. The van der Waals surface area contributed by atoms with E-state index in [1.54, 1.807) is 7.05 Å². The van der Waals surface area contributed by atoms with Gasteiger partial charge in [0.25, 0.3) is 0 Å². The Hall–Kier alpha value is -1.20. The van der Waals surface area contributed by atoms with Gasteiger partial charge in [-0.1, -0.05) is 0 Å². The fourth-order valence-electron chi connectivity index (χ4n) is 2.98. The first-order valence-corrected chi connectivity index (χ1v) is 7.30. The van der Waals surface area contributed by atoms with Gasteiger partial charge in [0, 0.05) is 38.8 Å². The largest absolute Gasteiger partial charge is 0.364 e. The summed E-state index contributed by atoms with van der Waals surface area (Å²) < 4.78 is 28.3. The van der Waals surface area contributed by atoms with Crippen LogP contribution in [0.1, 0.15) is 18.4 Å². The molecule has 1 aliphatic heterocycles. The summed E-state index contributed by atoms with van der Waals surface area (Å²) >= 11 is 0. The van der Waals surface area contributed by atoms with Crippen molar-refractivity contribution >= 4 is 5.69 Å². The summed E-state index contributed by atoms with van der Waals surface area (Å²) in [6.45, 7) is 3.69. The smallest absolute Gasteiger partial charge is 0.149 e. The highest BCUT2D eigenvalue weighted by molar-refractivity contribution is 5.51. The summed E-state index contributed by atoms with van der Waals surface area (Å²) in [4.78, 5) is 4.27. The molecular weight excluding hydrogens is 260 g/mol. The summed E-state index contributed by atoms with van der Waals surface area (Å²) in [5, 5.41) is 2.91. The van der Waals surface area contributed by atoms with E-state index in [-0.39, 0.29) is 5.69 Å². The molecule has 1 aromatic carbocycles. The van der Waals surface area contributed by atoms with Gasteiger partial charge in [-0.25, -0.2) is 8.78 Å². The van der Waals surface area contributed by atoms with E-state index < -0.39 is 11.6 Å². The molecule has 2 fully saturated rings. The lowest BCUT2D eigenvalue weighted by molar-refractivity contribution is 0.247. The van der Waals surface area contributed by atoms with Gasteiger partial charge >= 0.3 is 0 Å². The van der Waals surface area contributed by atoms with Crippen LogP contribution in [0.25, 0.3) is 0 Å². The summed E-state index contributed by atoms with van der Waals surface area (Å²) in [7, 11) is 1.76. The molecule has 0 unspecified atom stereocenters. The van der Waals surface area contributed by atoms with E-state index in [1.165, 1.54) is 25.0 Å². The molecule has 110 valence electrons. The van der Waals surface area contributed by atoms with Crippen LogP contribution in [0.5, 0.6) is 0 Å². The van der Waals surface area contributed by atoms with E-state index in [2.05, 4.69) is 10.2 Å². The fraction of sp³-hybridized carbons (Fsp3) is 0.600. The first kappa shape index (κ1) is 13.8. The van der Waals surface area contributed by atoms with Crippen molar-refractivity contribution in [2.75, 3.05) is 38.1 Å². The molecule has 1 saturated carbocycles. The van der Waals surface area contributed by atoms with Gasteiger partial charge in [0.15, 0.2) is 0 Å². The molecular formula is C15H21F2N3. The molecule has 1 aliphatic carbocycles. The molecule has 0 bridgehead atoms. The summed E-state index contributed by atoms with van der Waals surface area (Å²) in [5.41, 5.74) is 0.781. The van der Waals surface area contributed by atoms with Gasteiger partial charge in [-0.2, -0.15) is 0 Å². The molecule has 2 aliphatic rings. The van der Waals surface area contributed by atoms with Crippen LogP contribution >= 0.6 is 0 Å². The zero-order valence-corrected chi connectivity index (χ0v) is 11.8. The zero-order chi connectivity index (χ0) is 14.1. The predicted molar refractivity (Wildman–Crippen MR) is 75.9 cm³/mol. The van der Waals surface area contributed by atoms with E-state index in [0.29, 0.717) is 25.2 Å². The highest BCUT2D eigenvalue weighted by Gasteiger charge is 2.32. The topological polar surface area (TPSA) is 18.5 Å². The van der Waals surface area contributed by atoms with Crippen LogP contribution < -0.4 is 10.2 Å². The highest BCUT2D eigenvalue weighted by Crippen LogP contribution is 2.30. The number of nitrogens with one attached hydrogen (secondary N) is 1. The molecule has 1 saturated heterocycles. The number of benzene rings is 1. The zero-order valence-electron chi connectivity index (χ0n) is 11.8. The third kappa shape index (κ3) is 2.79. The minimum Gasteiger partial charge on any atom is -0.364 e. The first-order chi connectivity index (χ1) is 9.69. The van der Waals surface area contributed by atoms with Crippen LogP contribution in [0.2, 0.25) is 0 Å². The maximum atomic E-state index is 14.2. The molecule has 3 nitrogen and oxygen atoms in total. The maximum Gasteiger partial charge on any atom is 0.149 e. The molecule has 1 heterocycles. The Balaban J connectivity index is 1.73. The van der Waals surface area contributed by atoms with Gasteiger partial charge in [-0.15, -0.1) is 0 Å². The Bertz CT molecular complexity index is 457. The Kier molecular flexibility index (Phi) is 3.89. The summed E-state index contributed by atoms with van der Waals surface area (Å²) in [5.74, 6) is -0.898. The van der Waals surface area contributed by atoms with Crippen LogP contribution in [0, 0.1) is 11.6 Å². The first-order valence-electron chi connectivity index (χ1n) is 7.30. The quantitative estimate of drug-likeness (QED) is 0.910. The minimum atomic E-state index is -0.449. The van der Waals surface area contributed by atoms with Crippen molar-refractivity contribution in [1.82, 2.24) is 10.2 Å². The van der Waals surface area contributed by atoms with Crippen LogP contribution in [0.4, 0.5) is 14.5 Å². The molecule has 1 aromatic rings. The molecule has 0 aromatic heterocycles. The minimum absolute atomic E-state index is 0.139. The lowest BCUT2D eigenvalue weighted by atomic mass is 10.1. The van der Waals surface area contributed by atoms with Gasteiger partial charge in [-0.3, -0.25) is 4.90 Å². The van der Waals surface area contributed by atoms with Crippen LogP contribution in [-0.2, 0) is 6.54 Å². The molecule has 0 atom stereocenters. The van der Waals surface area contributed by atoms with E-state index in [1.807, 2.05) is 4.90 Å². The van der Waals surface area contributed by atoms with Crippen LogP contribution in [0.15, 0.2) is 12.1 Å². The maximum absolute atomic E-state index is 14.2. The monoisotopic (exact) mass is 281 g/mol. The lowest BCUT2D eigenvalue weighted by Gasteiger charge is -2.36. The third-order valence-corrected chi connectivity index (χ3v) is 4.15. The second kappa shape index (κ2) is 5.66. The third-order valence-electron chi connectivity index (χ3n) is 4.15. The second-order valence-electron chi connectivity index (χ2n) is 5.69. The average molecular weight is 281 g/mol. The predicted octanol–water partition coefficient (Wildman–Crippen LogP) is 1.97. The van der Waals surface area contributed by atoms with E-state index in [0.717, 1.165) is 19.1 Å². The molecule has 20 heavy (non-hydrogen) atoms. The van der Waals surface area contributed by atoms with Gasteiger partial charge in [0.2, 0.25) is 0 Å². The number of piperazine rings is 1. The number of hydrogen-bond donors (Lipinski definition) is 1. The average Bonchev–Trinajstić information content (AvgIpc) is 3.23. The number of anilines is 1. The van der Waals surface area contributed by atoms with Crippen molar-refractivity contribution in [2.24, 2.45) is 0 Å². The Morgan fingerprint density at radius 2 is 1.70 bits per heavy atom. The van der Waals surface area contributed by atoms with E-state index >= 15 is 0 Å². The van der Waals surface area contributed by atoms with Crippen molar-refractivity contribution in [2.45, 2.75) is 25.4 Å². The number of rotatable bonds is 4. The van der Waals surface area contributed by atoms with Gasteiger partial charge in [-0.05, 0) is 37.6 Å². The lowest BCUT2D eigenvalue weighted by Crippen LogP contribution is -2.47. The highest BCUT2D eigenvalue weighted by atomic mass is 19.1. The van der Waals surface area contributed by atoms with E-state index in [4.69, 9.17) is 0 Å². The van der Waals surface area contributed by atoms with Crippen LogP contribution in [0.3, 0.4) is 0 Å². The van der Waals surface area contributed by atoms with Crippen molar-refractivity contribution in [3.05, 3.63) is 29.3 Å². The normalized spacial score (nSPS) is 20.4. The number of nitrogens with zero attached hydrogens (tertiary/aromatic N) is 2. The van der Waals surface area contributed by atoms with Crippen molar-refractivity contribution in [1.29, 1.82) is 0 Å². The molecule has 0 radical (unpaired) electrons. The Morgan fingerprint density at radius 1 is 1.10 bits per heavy atom. The molecule has 1 N–H and O–H groups in total. The summed E-state index contributed by atoms with van der Waals surface area (Å²) in [6, 6.07) is 3.59. The molecule has 5 heteroatoms. The molecule has 0 spiro atoms. The van der Waals surface area contributed by atoms with Crippen molar-refractivity contribution in [3.8, 4) is 0 Å². The number of hydrogen-bond acceptors (Lipinski definition) is 3. The van der Waals surface area contributed by atoms with Gasteiger partial charge in [0.1, 0.15) is 17.3 Å². The fourth-order valence-corrected chi connectivity index (χ4v) is 2.98. The van der Waals surface area contributed by atoms with Crippen LogP contribution in [-0.4, -0.2) is 44.2 Å². The Labute approximate surface area is 118 Å². The van der Waals surface area contributed by atoms with Gasteiger partial charge in [0.05, 0.1) is 0 Å². The molecule has 0 amide bonds. The molecule has 3 rings (SSSR count). The van der Waals surface area contributed by atoms with E-state index in [9.17, 15) is 8.78 Å². The standard InChI is InChI=1S/C15H21F2N3/c1-18-10-11-8-13(16)15(14(17)9-11)20-6-4-19(5-7-20)12-2-3-12/h8-9,12,18H,2-7,10H2,1H3. The van der Waals surface area contributed by atoms with Crippen molar-refractivity contribution < 1.29 is 8.78 Å². The second-order valence-corrected chi connectivity index (χ2v) is 5.69.